The molecule has 0 spiro atoms. The summed E-state index contributed by atoms with van der Waals surface area (Å²) in [6.45, 7) is -0.997. The molecule has 7 amide bonds. The Bertz CT molecular complexity index is 2460. The van der Waals surface area contributed by atoms with Crippen LogP contribution in [-0.4, -0.2) is 140 Å². The molecule has 0 fully saturated rings. The molecule has 0 saturated heterocycles. The van der Waals surface area contributed by atoms with Crippen molar-refractivity contribution in [2.45, 2.75) is 93.7 Å². The van der Waals surface area contributed by atoms with Gasteiger partial charge in [0.25, 0.3) is 0 Å². The van der Waals surface area contributed by atoms with Crippen molar-refractivity contribution in [3.8, 4) is 5.75 Å². The number of phenols is 1. The number of carboxylic acids is 2. The van der Waals surface area contributed by atoms with Crippen LogP contribution >= 0.6 is 11.8 Å². The van der Waals surface area contributed by atoms with Gasteiger partial charge in [-0.25, -0.2) is 4.79 Å². The SMILES string of the molecule is CSCC[C@H](NC(=O)[C@H](Cc1ccccc1)NC(=O)[C@@H](N)CCC(N)=O)C(=O)N[C@@H](Cc1c[nH]c2ccccc12)C(=O)N[C@@H](CCC(=O)O)C(=O)N[C@@H](Cc1ccc(O)cc1)C(=O)N[C@@H](CO)C(=O)O. The van der Waals surface area contributed by atoms with Crippen LogP contribution in [0.1, 0.15) is 48.8 Å². The lowest BCUT2D eigenvalue weighted by atomic mass is 10.0. The summed E-state index contributed by atoms with van der Waals surface area (Å²) in [4.78, 5) is 122. The van der Waals surface area contributed by atoms with E-state index >= 15 is 0 Å². The van der Waals surface area contributed by atoms with Gasteiger partial charge in [-0.15, -0.1) is 0 Å². The molecule has 376 valence electrons. The van der Waals surface area contributed by atoms with Gasteiger partial charge in [0.1, 0.15) is 42.0 Å². The lowest BCUT2D eigenvalue weighted by Crippen LogP contribution is -2.60. The van der Waals surface area contributed by atoms with E-state index < -0.39 is 115 Å². The minimum Gasteiger partial charge on any atom is -0.508 e. The van der Waals surface area contributed by atoms with Crippen molar-refractivity contribution < 1.29 is 63.6 Å². The van der Waals surface area contributed by atoms with Crippen LogP contribution < -0.4 is 43.4 Å². The summed E-state index contributed by atoms with van der Waals surface area (Å²) in [5.41, 5.74) is 13.5. The number of para-hydroxylation sites is 1. The van der Waals surface area contributed by atoms with Crippen molar-refractivity contribution in [3.63, 3.8) is 0 Å². The van der Waals surface area contributed by atoms with Crippen LogP contribution in [0.15, 0.2) is 85.1 Å². The molecule has 4 aromatic rings. The largest absolute Gasteiger partial charge is 0.508 e. The molecule has 15 N–H and O–H groups in total. The highest BCUT2D eigenvalue weighted by atomic mass is 32.2. The first-order chi connectivity index (χ1) is 33.4. The molecule has 1 aromatic heterocycles. The number of rotatable bonds is 29. The van der Waals surface area contributed by atoms with E-state index in [1.54, 1.807) is 67.0 Å². The Balaban J connectivity index is 1.66. The zero-order valence-electron chi connectivity index (χ0n) is 38.2. The molecule has 0 saturated carbocycles. The number of nitrogens with two attached hydrogens (primary N) is 2. The van der Waals surface area contributed by atoms with E-state index in [1.165, 1.54) is 36.0 Å². The summed E-state index contributed by atoms with van der Waals surface area (Å²) in [5.74, 6) is -8.80. The number of hydrogen-bond donors (Lipinski definition) is 13. The van der Waals surface area contributed by atoms with Crippen LogP contribution in [0.2, 0.25) is 0 Å². The van der Waals surface area contributed by atoms with Crippen molar-refractivity contribution in [2.75, 3.05) is 18.6 Å². The Kier molecular flexibility index (Phi) is 21.6. The molecule has 4 rings (SSSR count). The van der Waals surface area contributed by atoms with Crippen molar-refractivity contribution in [3.05, 3.63) is 102 Å². The highest BCUT2D eigenvalue weighted by Crippen LogP contribution is 2.20. The minimum atomic E-state index is -1.76. The number of aromatic hydroxyl groups is 1. The predicted octanol–water partition coefficient (Wildman–Crippen LogP) is -0.902. The Hall–Kier alpha value is -7.50. The number of carbonyl (C=O) groups excluding carboxylic acids is 7. The second-order valence-corrected chi connectivity index (χ2v) is 17.3. The van der Waals surface area contributed by atoms with Gasteiger partial charge in [0.2, 0.25) is 41.4 Å². The third kappa shape index (κ3) is 17.5. The lowest BCUT2D eigenvalue weighted by Gasteiger charge is -2.27. The average Bonchev–Trinajstić information content (AvgIpc) is 3.74. The van der Waals surface area contributed by atoms with Gasteiger partial charge in [-0.2, -0.15) is 11.8 Å². The molecular formula is C47H59N9O13S. The van der Waals surface area contributed by atoms with Crippen LogP contribution in [0.3, 0.4) is 0 Å². The minimum absolute atomic E-state index is 0.0256. The Morgan fingerprint density at radius 1 is 0.586 bits per heavy atom. The molecular weight excluding hydrogens is 931 g/mol. The zero-order chi connectivity index (χ0) is 51.3. The van der Waals surface area contributed by atoms with Crippen molar-refractivity contribution >= 4 is 76.0 Å². The first-order valence-electron chi connectivity index (χ1n) is 22.2. The second kappa shape index (κ2) is 27.5. The first-order valence-corrected chi connectivity index (χ1v) is 23.6. The van der Waals surface area contributed by atoms with Crippen LogP contribution in [0, 0.1) is 0 Å². The lowest BCUT2D eigenvalue weighted by molar-refractivity contribution is -0.143. The van der Waals surface area contributed by atoms with E-state index in [1.807, 2.05) is 0 Å². The normalized spacial score (nSPS) is 14.0. The van der Waals surface area contributed by atoms with E-state index in [2.05, 4.69) is 36.9 Å². The number of fused-ring (bicyclic) bond motifs is 1. The van der Waals surface area contributed by atoms with Gasteiger partial charge in [0.05, 0.1) is 12.6 Å². The number of phenolic OH excluding ortho intramolecular Hbond substituents is 1. The maximum atomic E-state index is 14.5. The molecule has 3 aromatic carbocycles. The van der Waals surface area contributed by atoms with Gasteiger partial charge >= 0.3 is 11.9 Å². The number of amides is 7. The summed E-state index contributed by atoms with van der Waals surface area (Å²) in [5, 5.41) is 54.3. The summed E-state index contributed by atoms with van der Waals surface area (Å²) in [7, 11) is 0. The summed E-state index contributed by atoms with van der Waals surface area (Å²) < 4.78 is 0. The summed E-state index contributed by atoms with van der Waals surface area (Å²) in [6, 6.07) is 11.0. The van der Waals surface area contributed by atoms with Gasteiger partial charge in [-0.05, 0) is 66.2 Å². The number of hydrogen-bond acceptors (Lipinski definition) is 13. The number of carbonyl (C=O) groups is 9. The maximum Gasteiger partial charge on any atom is 0.328 e. The van der Waals surface area contributed by atoms with Crippen LogP contribution in [0.5, 0.6) is 5.75 Å². The van der Waals surface area contributed by atoms with Gasteiger partial charge in [-0.3, -0.25) is 38.4 Å². The molecule has 0 aliphatic heterocycles. The number of aliphatic hydroxyl groups excluding tert-OH is 1. The van der Waals surface area contributed by atoms with E-state index in [-0.39, 0.29) is 44.3 Å². The quantitative estimate of drug-likeness (QED) is 0.0314. The Morgan fingerprint density at radius 2 is 1.07 bits per heavy atom. The number of carboxylic acid groups (broad SMARTS) is 2. The summed E-state index contributed by atoms with van der Waals surface area (Å²) >= 11 is 1.36. The molecule has 23 heteroatoms. The number of benzene rings is 3. The number of thioether (sulfide) groups is 1. The monoisotopic (exact) mass is 989 g/mol. The van der Waals surface area contributed by atoms with Gasteiger partial charge < -0.3 is 68.8 Å². The number of H-pyrrole nitrogens is 1. The van der Waals surface area contributed by atoms with Gasteiger partial charge in [0.15, 0.2) is 0 Å². The smallest absolute Gasteiger partial charge is 0.328 e. The average molecular weight is 990 g/mol. The number of aliphatic hydroxyl groups is 1. The molecule has 1 heterocycles. The summed E-state index contributed by atoms with van der Waals surface area (Å²) in [6.07, 6.45) is 1.48. The fraction of sp³-hybridized carbons (Fsp3) is 0.383. The zero-order valence-corrected chi connectivity index (χ0v) is 39.0. The van der Waals surface area contributed by atoms with Crippen LogP contribution in [-0.2, 0) is 62.4 Å². The molecule has 22 nitrogen and oxygen atoms in total. The van der Waals surface area contributed by atoms with Gasteiger partial charge in [0, 0.05) is 49.2 Å². The number of aromatic amines is 1. The third-order valence-corrected chi connectivity index (χ3v) is 11.7. The number of aliphatic carboxylic acids is 2. The third-order valence-electron chi connectivity index (χ3n) is 11.0. The predicted molar refractivity (Wildman–Crippen MR) is 257 cm³/mol. The van der Waals surface area contributed by atoms with E-state index in [0.717, 1.165) is 0 Å². The van der Waals surface area contributed by atoms with E-state index in [4.69, 9.17) is 11.5 Å². The number of primary amides is 1. The molecule has 70 heavy (non-hydrogen) atoms. The highest BCUT2D eigenvalue weighted by molar-refractivity contribution is 7.98. The van der Waals surface area contributed by atoms with Crippen LogP contribution in [0.25, 0.3) is 10.9 Å². The molecule has 0 bridgehead atoms. The van der Waals surface area contributed by atoms with E-state index in [0.29, 0.717) is 33.3 Å². The molecule has 0 unspecified atom stereocenters. The highest BCUT2D eigenvalue weighted by Gasteiger charge is 2.34. The Labute approximate surface area is 406 Å². The molecule has 0 radical (unpaired) electrons. The van der Waals surface area contributed by atoms with Crippen molar-refractivity contribution in [2.24, 2.45) is 11.5 Å². The van der Waals surface area contributed by atoms with Gasteiger partial charge in [-0.1, -0.05) is 60.7 Å². The molecule has 0 aliphatic carbocycles. The second-order valence-electron chi connectivity index (χ2n) is 16.3. The molecule has 7 atom stereocenters. The first kappa shape index (κ1) is 55.1. The standard InChI is InChI=1S/C47H59N9O13S/c1-70-20-19-34(52-44(65)35(21-26-7-3-2-4-8-26)53-41(62)31(48)15-17-39(49)59)43(64)55-37(23-28-24-50-32-10-6-5-9-30(28)32)46(67)51-33(16-18-40(60)61)42(63)54-36(22-27-11-13-29(58)14-12-27)45(66)56-38(25-57)47(68)69/h2-14,24,31,33-38,50,57-58H,15-23,25,48H2,1H3,(H2,49,59)(H,51,67)(H,52,65)(H,53,62)(H,54,63)(H,55,64)(H,56,66)(H,60,61)(H,68,69)/t31-,33-,34-,35-,36-,37-,38-/m0/s1. The molecule has 0 aliphatic rings. The van der Waals surface area contributed by atoms with Crippen molar-refractivity contribution in [1.29, 1.82) is 0 Å². The van der Waals surface area contributed by atoms with Crippen LogP contribution in [0.4, 0.5) is 0 Å². The number of aromatic nitrogens is 1. The van der Waals surface area contributed by atoms with Crippen molar-refractivity contribution in [1.82, 2.24) is 36.9 Å². The van der Waals surface area contributed by atoms with E-state index in [9.17, 15) is 63.6 Å². The topological polar surface area (TPSA) is 375 Å². The Morgan fingerprint density at radius 3 is 1.61 bits per heavy atom. The fourth-order valence-corrected chi connectivity index (χ4v) is 7.63. The maximum absolute atomic E-state index is 14.5. The fourth-order valence-electron chi connectivity index (χ4n) is 7.16. The number of nitrogens with one attached hydrogen (secondary N) is 7.